The molecule has 1 aromatic carbocycles. The third kappa shape index (κ3) is 3.91. The number of nitrogens with one attached hydrogen (secondary N) is 1. The Bertz CT molecular complexity index is 448. The molecule has 1 heterocycles. The van der Waals surface area contributed by atoms with Crippen LogP contribution in [0.15, 0.2) is 18.2 Å². The zero-order valence-corrected chi connectivity index (χ0v) is 12.6. The zero-order chi connectivity index (χ0) is 14.0. The Morgan fingerprint density at radius 1 is 1.47 bits per heavy atom. The second kappa shape index (κ2) is 5.78. The van der Waals surface area contributed by atoms with Crippen molar-refractivity contribution in [1.29, 1.82) is 0 Å². The van der Waals surface area contributed by atoms with Gasteiger partial charge in [-0.2, -0.15) is 0 Å². The Hall–Kier alpha value is -0.640. The molecular weight excluding hydrogens is 263 g/mol. The minimum absolute atomic E-state index is 0.106. The van der Waals surface area contributed by atoms with E-state index in [2.05, 4.69) is 31.0 Å². The van der Waals surface area contributed by atoms with Crippen LogP contribution in [0.25, 0.3) is 0 Å². The Morgan fingerprint density at radius 2 is 2.21 bits per heavy atom. The van der Waals surface area contributed by atoms with Crippen molar-refractivity contribution in [2.75, 3.05) is 13.1 Å². The van der Waals surface area contributed by atoms with E-state index in [0.717, 1.165) is 31.6 Å². The van der Waals surface area contributed by atoms with Crippen LogP contribution in [0.2, 0.25) is 5.02 Å². The molecule has 0 bridgehead atoms. The standard InChI is InChI=1S/C15H22ClFN2/c1-11-6-7-18-15(2,3)10-19(11)9-12-4-5-14(17)13(16)8-12/h4-5,8,11,18H,6-7,9-10H2,1-3H3. The molecule has 2 nitrogen and oxygen atoms in total. The third-order valence-electron chi connectivity index (χ3n) is 3.76. The molecular formula is C15H22ClFN2. The zero-order valence-electron chi connectivity index (χ0n) is 11.8. The fraction of sp³-hybridized carbons (Fsp3) is 0.600. The molecule has 0 aliphatic carbocycles. The highest BCUT2D eigenvalue weighted by atomic mass is 35.5. The lowest BCUT2D eigenvalue weighted by molar-refractivity contribution is 0.173. The molecule has 0 spiro atoms. The van der Waals surface area contributed by atoms with Gasteiger partial charge in [0.25, 0.3) is 0 Å². The van der Waals surface area contributed by atoms with E-state index in [0.29, 0.717) is 6.04 Å². The summed E-state index contributed by atoms with van der Waals surface area (Å²) in [4.78, 5) is 2.43. The Balaban J connectivity index is 2.12. The SMILES string of the molecule is CC1CCNC(C)(C)CN1Cc1ccc(F)c(Cl)c1. The first kappa shape index (κ1) is 14.8. The molecule has 1 saturated heterocycles. The van der Waals surface area contributed by atoms with Crippen molar-refractivity contribution in [3.8, 4) is 0 Å². The second-order valence-electron chi connectivity index (χ2n) is 6.10. The van der Waals surface area contributed by atoms with E-state index < -0.39 is 0 Å². The maximum Gasteiger partial charge on any atom is 0.141 e. The molecule has 1 aliphatic heterocycles. The second-order valence-corrected chi connectivity index (χ2v) is 6.51. The van der Waals surface area contributed by atoms with Crippen LogP contribution in [-0.4, -0.2) is 29.6 Å². The summed E-state index contributed by atoms with van der Waals surface area (Å²) in [5.41, 5.74) is 1.17. The lowest BCUT2D eigenvalue weighted by Crippen LogP contribution is -2.47. The predicted octanol–water partition coefficient (Wildman–Crippen LogP) is 3.44. The fourth-order valence-corrected chi connectivity index (χ4v) is 2.81. The van der Waals surface area contributed by atoms with Crippen LogP contribution in [0, 0.1) is 5.82 Å². The predicted molar refractivity (Wildman–Crippen MR) is 78.0 cm³/mol. The lowest BCUT2D eigenvalue weighted by Gasteiger charge is -2.33. The Morgan fingerprint density at radius 3 is 2.89 bits per heavy atom. The summed E-state index contributed by atoms with van der Waals surface area (Å²) in [5, 5.41) is 3.77. The molecule has 1 fully saturated rings. The molecule has 1 unspecified atom stereocenters. The van der Waals surface area contributed by atoms with Crippen LogP contribution in [0.1, 0.15) is 32.8 Å². The van der Waals surface area contributed by atoms with Gasteiger partial charge in [0, 0.05) is 24.7 Å². The van der Waals surface area contributed by atoms with Crippen LogP contribution in [-0.2, 0) is 6.54 Å². The number of rotatable bonds is 2. The highest BCUT2D eigenvalue weighted by molar-refractivity contribution is 6.30. The van der Waals surface area contributed by atoms with Gasteiger partial charge in [-0.15, -0.1) is 0 Å². The van der Waals surface area contributed by atoms with E-state index >= 15 is 0 Å². The van der Waals surface area contributed by atoms with Crippen LogP contribution >= 0.6 is 11.6 Å². The maximum absolute atomic E-state index is 13.2. The van der Waals surface area contributed by atoms with Gasteiger partial charge in [-0.3, -0.25) is 4.90 Å². The molecule has 19 heavy (non-hydrogen) atoms. The number of halogens is 2. The summed E-state index contributed by atoms with van der Waals surface area (Å²) >= 11 is 5.85. The van der Waals surface area contributed by atoms with Gasteiger partial charge < -0.3 is 5.32 Å². The maximum atomic E-state index is 13.2. The number of hydrogen-bond donors (Lipinski definition) is 1. The molecule has 0 amide bonds. The van der Waals surface area contributed by atoms with E-state index in [1.54, 1.807) is 6.07 Å². The van der Waals surface area contributed by atoms with Gasteiger partial charge in [-0.05, 0) is 51.4 Å². The van der Waals surface area contributed by atoms with Gasteiger partial charge in [-0.25, -0.2) is 4.39 Å². The first-order valence-electron chi connectivity index (χ1n) is 6.80. The highest BCUT2D eigenvalue weighted by Gasteiger charge is 2.27. The topological polar surface area (TPSA) is 15.3 Å². The summed E-state index contributed by atoms with van der Waals surface area (Å²) < 4.78 is 13.2. The molecule has 4 heteroatoms. The Labute approximate surface area is 119 Å². The molecule has 2 rings (SSSR count). The molecule has 1 N–H and O–H groups in total. The minimum atomic E-state index is -0.351. The summed E-state index contributed by atoms with van der Waals surface area (Å²) in [6.45, 7) is 9.50. The van der Waals surface area contributed by atoms with Gasteiger partial charge in [0.1, 0.15) is 5.82 Å². The van der Waals surface area contributed by atoms with Crippen LogP contribution in [0.5, 0.6) is 0 Å². The van der Waals surface area contributed by atoms with Crippen molar-refractivity contribution in [3.05, 3.63) is 34.6 Å². The lowest BCUT2D eigenvalue weighted by atomic mass is 10.0. The molecule has 0 radical (unpaired) electrons. The number of hydrogen-bond acceptors (Lipinski definition) is 2. The summed E-state index contributed by atoms with van der Waals surface area (Å²) in [6.07, 6.45) is 1.12. The molecule has 0 aromatic heterocycles. The molecule has 1 aromatic rings. The minimum Gasteiger partial charge on any atom is -0.310 e. The first-order valence-corrected chi connectivity index (χ1v) is 7.18. The average Bonchev–Trinajstić information content (AvgIpc) is 2.43. The first-order chi connectivity index (χ1) is 8.87. The number of nitrogens with zero attached hydrogens (tertiary/aromatic N) is 1. The highest BCUT2D eigenvalue weighted by Crippen LogP contribution is 2.21. The van der Waals surface area contributed by atoms with E-state index in [9.17, 15) is 4.39 Å². The van der Waals surface area contributed by atoms with E-state index in [1.165, 1.54) is 6.07 Å². The van der Waals surface area contributed by atoms with Gasteiger partial charge in [-0.1, -0.05) is 17.7 Å². The van der Waals surface area contributed by atoms with Crippen LogP contribution in [0.4, 0.5) is 4.39 Å². The normalized spacial score (nSPS) is 24.2. The largest absolute Gasteiger partial charge is 0.310 e. The molecule has 106 valence electrons. The monoisotopic (exact) mass is 284 g/mol. The van der Waals surface area contributed by atoms with E-state index in [1.807, 2.05) is 6.07 Å². The summed E-state index contributed by atoms with van der Waals surface area (Å²) in [6, 6.07) is 5.51. The van der Waals surface area contributed by atoms with Gasteiger partial charge >= 0.3 is 0 Å². The fourth-order valence-electron chi connectivity index (χ4n) is 2.61. The number of benzene rings is 1. The summed E-state index contributed by atoms with van der Waals surface area (Å²) in [7, 11) is 0. The van der Waals surface area contributed by atoms with Crippen molar-refractivity contribution in [1.82, 2.24) is 10.2 Å². The van der Waals surface area contributed by atoms with Crippen LogP contribution in [0.3, 0.4) is 0 Å². The van der Waals surface area contributed by atoms with E-state index in [-0.39, 0.29) is 16.4 Å². The van der Waals surface area contributed by atoms with Gasteiger partial charge in [0.15, 0.2) is 0 Å². The molecule has 0 saturated carbocycles. The quantitative estimate of drug-likeness (QED) is 0.895. The third-order valence-corrected chi connectivity index (χ3v) is 4.05. The molecule has 1 aliphatic rings. The molecule has 1 atom stereocenters. The van der Waals surface area contributed by atoms with Crippen molar-refractivity contribution in [3.63, 3.8) is 0 Å². The van der Waals surface area contributed by atoms with Crippen molar-refractivity contribution in [2.45, 2.75) is 45.3 Å². The smallest absolute Gasteiger partial charge is 0.141 e. The van der Waals surface area contributed by atoms with Crippen molar-refractivity contribution < 1.29 is 4.39 Å². The van der Waals surface area contributed by atoms with Gasteiger partial charge in [0.05, 0.1) is 5.02 Å². The average molecular weight is 285 g/mol. The van der Waals surface area contributed by atoms with Crippen molar-refractivity contribution >= 4 is 11.6 Å². The Kier molecular flexibility index (Phi) is 4.49. The van der Waals surface area contributed by atoms with Crippen LogP contribution < -0.4 is 5.32 Å². The van der Waals surface area contributed by atoms with E-state index in [4.69, 9.17) is 11.6 Å². The summed E-state index contributed by atoms with van der Waals surface area (Å²) in [5.74, 6) is -0.351. The van der Waals surface area contributed by atoms with Crippen molar-refractivity contribution in [2.24, 2.45) is 0 Å². The van der Waals surface area contributed by atoms with Gasteiger partial charge in [0.2, 0.25) is 0 Å².